The van der Waals surface area contributed by atoms with Crippen LogP contribution >= 0.6 is 15.9 Å². The number of carboxylic acid groups (broad SMARTS) is 1. The summed E-state index contributed by atoms with van der Waals surface area (Å²) in [6.45, 7) is 3.55. The van der Waals surface area contributed by atoms with Crippen LogP contribution in [0.4, 0.5) is 5.69 Å². The molecular formula is C13H16BrNO3. The lowest BCUT2D eigenvalue weighted by Gasteiger charge is -2.30. The zero-order valence-corrected chi connectivity index (χ0v) is 11.7. The third kappa shape index (κ3) is 3.03. The molecule has 0 radical (unpaired) electrons. The molecule has 0 aromatic heterocycles. The number of benzene rings is 1. The summed E-state index contributed by atoms with van der Waals surface area (Å²) >= 11 is 3.29. The Hall–Kier alpha value is -1.07. The smallest absolute Gasteiger partial charge is 0.337 e. The summed E-state index contributed by atoms with van der Waals surface area (Å²) in [6, 6.07) is 5.53. The Kier molecular flexibility index (Phi) is 4.24. The highest BCUT2D eigenvalue weighted by Gasteiger charge is 2.23. The van der Waals surface area contributed by atoms with Gasteiger partial charge in [-0.1, -0.05) is 22.9 Å². The van der Waals surface area contributed by atoms with Crippen LogP contribution < -0.4 is 5.32 Å². The topological polar surface area (TPSA) is 58.6 Å². The number of anilines is 1. The molecule has 5 heteroatoms. The molecule has 1 aliphatic rings. The van der Waals surface area contributed by atoms with Gasteiger partial charge in [0, 0.05) is 22.8 Å². The van der Waals surface area contributed by atoms with Gasteiger partial charge in [0.05, 0.1) is 12.2 Å². The lowest BCUT2D eigenvalue weighted by Crippen LogP contribution is -2.36. The van der Waals surface area contributed by atoms with Crippen molar-refractivity contribution in [3.63, 3.8) is 0 Å². The van der Waals surface area contributed by atoms with Gasteiger partial charge in [-0.15, -0.1) is 0 Å². The van der Waals surface area contributed by atoms with E-state index in [-0.39, 0.29) is 6.04 Å². The van der Waals surface area contributed by atoms with Crippen LogP contribution in [0, 0.1) is 5.92 Å². The highest BCUT2D eigenvalue weighted by atomic mass is 79.9. The third-order valence-electron chi connectivity index (χ3n) is 3.19. The molecule has 18 heavy (non-hydrogen) atoms. The van der Waals surface area contributed by atoms with Gasteiger partial charge in [-0.2, -0.15) is 0 Å². The number of carboxylic acids is 1. The van der Waals surface area contributed by atoms with Gasteiger partial charge in [0.1, 0.15) is 0 Å². The maximum absolute atomic E-state index is 11.2. The van der Waals surface area contributed by atoms with Crippen molar-refractivity contribution in [2.75, 3.05) is 18.5 Å². The van der Waals surface area contributed by atoms with Crippen LogP contribution in [0.25, 0.3) is 0 Å². The summed E-state index contributed by atoms with van der Waals surface area (Å²) in [7, 11) is 0. The Bertz CT molecular complexity index is 450. The van der Waals surface area contributed by atoms with Crippen molar-refractivity contribution in [2.24, 2.45) is 5.92 Å². The Labute approximate surface area is 114 Å². The number of hydrogen-bond donors (Lipinski definition) is 2. The fraction of sp³-hybridized carbons (Fsp3) is 0.462. The third-order valence-corrected chi connectivity index (χ3v) is 3.69. The van der Waals surface area contributed by atoms with Gasteiger partial charge in [0.25, 0.3) is 0 Å². The first kappa shape index (κ1) is 13.4. The fourth-order valence-electron chi connectivity index (χ4n) is 2.11. The van der Waals surface area contributed by atoms with Crippen molar-refractivity contribution in [3.05, 3.63) is 28.2 Å². The van der Waals surface area contributed by atoms with Gasteiger partial charge in [0.15, 0.2) is 0 Å². The first-order valence-electron chi connectivity index (χ1n) is 5.95. The summed E-state index contributed by atoms with van der Waals surface area (Å²) in [6.07, 6.45) is 0.899. The van der Waals surface area contributed by atoms with Crippen LogP contribution in [0.1, 0.15) is 23.7 Å². The minimum Gasteiger partial charge on any atom is -0.478 e. The summed E-state index contributed by atoms with van der Waals surface area (Å²) in [5.41, 5.74) is 0.965. The Morgan fingerprint density at radius 3 is 3.00 bits per heavy atom. The molecule has 98 valence electrons. The SMILES string of the molecule is CC1COCCC1Nc1ccc(Br)cc1C(=O)O. The van der Waals surface area contributed by atoms with Crippen LogP contribution in [0.5, 0.6) is 0 Å². The van der Waals surface area contributed by atoms with Crippen LogP contribution in [0.15, 0.2) is 22.7 Å². The second kappa shape index (κ2) is 5.71. The van der Waals surface area contributed by atoms with Gasteiger partial charge < -0.3 is 15.2 Å². The fourth-order valence-corrected chi connectivity index (χ4v) is 2.47. The normalized spacial score (nSPS) is 23.7. The molecule has 4 nitrogen and oxygen atoms in total. The zero-order valence-electron chi connectivity index (χ0n) is 10.1. The van der Waals surface area contributed by atoms with Crippen LogP contribution in [0.3, 0.4) is 0 Å². The largest absolute Gasteiger partial charge is 0.478 e. The molecular weight excluding hydrogens is 298 g/mol. The number of nitrogens with one attached hydrogen (secondary N) is 1. The van der Waals surface area contributed by atoms with E-state index in [2.05, 4.69) is 28.2 Å². The van der Waals surface area contributed by atoms with E-state index in [1.807, 2.05) is 6.07 Å². The van der Waals surface area contributed by atoms with E-state index < -0.39 is 5.97 Å². The molecule has 1 saturated heterocycles. The quantitative estimate of drug-likeness (QED) is 0.900. The molecule has 0 amide bonds. The Morgan fingerprint density at radius 1 is 1.56 bits per heavy atom. The monoisotopic (exact) mass is 313 g/mol. The van der Waals surface area contributed by atoms with Crippen LogP contribution in [0.2, 0.25) is 0 Å². The number of halogens is 1. The maximum atomic E-state index is 11.2. The first-order chi connectivity index (χ1) is 8.58. The van der Waals surface area contributed by atoms with Gasteiger partial charge in [0.2, 0.25) is 0 Å². The summed E-state index contributed by atoms with van der Waals surface area (Å²) in [5, 5.41) is 12.5. The lowest BCUT2D eigenvalue weighted by atomic mass is 9.97. The molecule has 1 fully saturated rings. The molecule has 2 unspecified atom stereocenters. The van der Waals surface area contributed by atoms with Gasteiger partial charge >= 0.3 is 5.97 Å². The molecule has 0 saturated carbocycles. The molecule has 1 aliphatic heterocycles. The molecule has 0 spiro atoms. The standard InChI is InChI=1S/C13H16BrNO3/c1-8-7-18-5-4-11(8)15-12-3-2-9(14)6-10(12)13(16)17/h2-3,6,8,11,15H,4-5,7H2,1H3,(H,16,17). The van der Waals surface area contributed by atoms with Crippen LogP contribution in [-0.2, 0) is 4.74 Å². The van der Waals surface area contributed by atoms with E-state index in [1.54, 1.807) is 12.1 Å². The predicted molar refractivity (Wildman–Crippen MR) is 73.1 cm³/mol. The van der Waals surface area contributed by atoms with Crippen molar-refractivity contribution < 1.29 is 14.6 Å². The Morgan fingerprint density at radius 2 is 2.33 bits per heavy atom. The second-order valence-corrected chi connectivity index (χ2v) is 5.50. The summed E-state index contributed by atoms with van der Waals surface area (Å²) in [4.78, 5) is 11.2. The van der Waals surface area contributed by atoms with Crippen molar-refractivity contribution in [1.29, 1.82) is 0 Å². The summed E-state index contributed by atoms with van der Waals surface area (Å²) in [5.74, 6) is -0.539. The van der Waals surface area contributed by atoms with Gasteiger partial charge in [-0.05, 0) is 30.5 Å². The number of carbonyl (C=O) groups is 1. The molecule has 0 bridgehead atoms. The number of aromatic carboxylic acids is 1. The van der Waals surface area contributed by atoms with Crippen molar-refractivity contribution in [3.8, 4) is 0 Å². The second-order valence-electron chi connectivity index (χ2n) is 4.59. The molecule has 1 aromatic rings. The zero-order chi connectivity index (χ0) is 13.1. The lowest BCUT2D eigenvalue weighted by molar-refractivity contribution is 0.0537. The molecule has 2 rings (SSSR count). The van der Waals surface area contributed by atoms with E-state index >= 15 is 0 Å². The van der Waals surface area contributed by atoms with E-state index in [4.69, 9.17) is 4.74 Å². The van der Waals surface area contributed by atoms with E-state index in [1.165, 1.54) is 0 Å². The van der Waals surface area contributed by atoms with Crippen molar-refractivity contribution >= 4 is 27.6 Å². The Balaban J connectivity index is 2.20. The number of ether oxygens (including phenoxy) is 1. The number of hydrogen-bond acceptors (Lipinski definition) is 3. The molecule has 1 aromatic carbocycles. The molecule has 2 N–H and O–H groups in total. The summed E-state index contributed by atoms with van der Waals surface area (Å²) < 4.78 is 6.15. The van der Waals surface area contributed by atoms with Gasteiger partial charge in [-0.3, -0.25) is 0 Å². The van der Waals surface area contributed by atoms with Crippen LogP contribution in [-0.4, -0.2) is 30.3 Å². The van der Waals surface area contributed by atoms with Gasteiger partial charge in [-0.25, -0.2) is 4.79 Å². The maximum Gasteiger partial charge on any atom is 0.337 e. The average molecular weight is 314 g/mol. The number of rotatable bonds is 3. The molecule has 1 heterocycles. The predicted octanol–water partition coefficient (Wildman–Crippen LogP) is 2.98. The first-order valence-corrected chi connectivity index (χ1v) is 6.74. The van der Waals surface area contributed by atoms with E-state index in [0.717, 1.165) is 24.1 Å². The van der Waals surface area contributed by atoms with E-state index in [9.17, 15) is 9.90 Å². The minimum absolute atomic E-state index is 0.262. The van der Waals surface area contributed by atoms with Crippen molar-refractivity contribution in [1.82, 2.24) is 0 Å². The van der Waals surface area contributed by atoms with E-state index in [0.29, 0.717) is 17.2 Å². The minimum atomic E-state index is -0.918. The highest BCUT2D eigenvalue weighted by Crippen LogP contribution is 2.25. The molecule has 0 aliphatic carbocycles. The highest BCUT2D eigenvalue weighted by molar-refractivity contribution is 9.10. The average Bonchev–Trinajstić information content (AvgIpc) is 2.34. The molecule has 2 atom stereocenters. The van der Waals surface area contributed by atoms with Crippen molar-refractivity contribution in [2.45, 2.75) is 19.4 Å².